The number of nitrogens with zero attached hydrogens (tertiary/aromatic N) is 2. The Morgan fingerprint density at radius 2 is 2.20 bits per heavy atom. The average molecular weight is 287 g/mol. The summed E-state index contributed by atoms with van der Waals surface area (Å²) in [6, 6.07) is 10.5. The van der Waals surface area contributed by atoms with Crippen molar-refractivity contribution in [2.24, 2.45) is 5.92 Å². The molecule has 1 unspecified atom stereocenters. The molecule has 3 nitrogen and oxygen atoms in total. The monoisotopic (exact) mass is 287 g/mol. The number of nitrogens with one attached hydrogen (secondary N) is 1. The summed E-state index contributed by atoms with van der Waals surface area (Å²) >= 11 is 2.08. The third-order valence-corrected chi connectivity index (χ3v) is 5.02. The Morgan fingerprint density at radius 1 is 1.35 bits per heavy atom. The van der Waals surface area contributed by atoms with E-state index in [0.29, 0.717) is 0 Å². The zero-order valence-electron chi connectivity index (χ0n) is 11.9. The Balaban J connectivity index is 1.67. The molecular formula is C16H21N3S. The molecule has 0 amide bonds. The van der Waals surface area contributed by atoms with E-state index in [0.717, 1.165) is 24.8 Å². The highest BCUT2D eigenvalue weighted by Gasteiger charge is 2.15. The quantitative estimate of drug-likeness (QED) is 0.917. The van der Waals surface area contributed by atoms with E-state index in [4.69, 9.17) is 0 Å². The third-order valence-electron chi connectivity index (χ3n) is 3.79. The van der Waals surface area contributed by atoms with Crippen LogP contribution in [0.5, 0.6) is 0 Å². The van der Waals surface area contributed by atoms with Gasteiger partial charge in [0.05, 0.1) is 11.9 Å². The highest BCUT2D eigenvalue weighted by Crippen LogP contribution is 2.22. The Bertz CT molecular complexity index is 544. The molecule has 0 saturated carbocycles. The van der Waals surface area contributed by atoms with Gasteiger partial charge in [-0.05, 0) is 49.4 Å². The molecule has 0 spiro atoms. The van der Waals surface area contributed by atoms with Crippen molar-refractivity contribution < 1.29 is 0 Å². The lowest BCUT2D eigenvalue weighted by atomic mass is 10.1. The molecule has 1 saturated heterocycles. The summed E-state index contributed by atoms with van der Waals surface area (Å²) in [6.45, 7) is 4.06. The molecule has 1 aliphatic rings. The first-order valence-corrected chi connectivity index (χ1v) is 8.37. The van der Waals surface area contributed by atoms with Crippen LogP contribution in [0.3, 0.4) is 0 Å². The number of aromatic nitrogens is 2. The molecule has 1 fully saturated rings. The number of aryl methyl sites for hydroxylation is 1. The molecule has 106 valence electrons. The number of imidazole rings is 1. The molecule has 1 aromatic heterocycles. The number of hydrogen-bond acceptors (Lipinski definition) is 3. The molecule has 1 atom stereocenters. The Kier molecular flexibility index (Phi) is 4.43. The van der Waals surface area contributed by atoms with Crippen molar-refractivity contribution in [2.75, 3.05) is 18.1 Å². The van der Waals surface area contributed by atoms with E-state index in [9.17, 15) is 0 Å². The van der Waals surface area contributed by atoms with E-state index < -0.39 is 0 Å². The lowest BCUT2D eigenvalue weighted by molar-refractivity contribution is 0.518. The van der Waals surface area contributed by atoms with Crippen LogP contribution >= 0.6 is 11.8 Å². The lowest BCUT2D eigenvalue weighted by Crippen LogP contribution is -2.23. The van der Waals surface area contributed by atoms with Gasteiger partial charge in [0.25, 0.3) is 0 Å². The van der Waals surface area contributed by atoms with Crippen LogP contribution in [0.1, 0.15) is 17.9 Å². The van der Waals surface area contributed by atoms with Gasteiger partial charge >= 0.3 is 0 Å². The summed E-state index contributed by atoms with van der Waals surface area (Å²) in [5.41, 5.74) is 2.43. The molecule has 1 N–H and O–H groups in total. The molecule has 1 aliphatic heterocycles. The van der Waals surface area contributed by atoms with Gasteiger partial charge in [0, 0.05) is 12.2 Å². The van der Waals surface area contributed by atoms with E-state index >= 15 is 0 Å². The maximum atomic E-state index is 4.46. The summed E-state index contributed by atoms with van der Waals surface area (Å²) in [7, 11) is 0. The zero-order chi connectivity index (χ0) is 13.8. The normalized spacial score (nSPS) is 18.6. The van der Waals surface area contributed by atoms with Crippen LogP contribution in [-0.4, -0.2) is 27.6 Å². The Hall–Kier alpha value is -1.26. The molecule has 4 heteroatoms. The van der Waals surface area contributed by atoms with Gasteiger partial charge in [0.2, 0.25) is 0 Å². The van der Waals surface area contributed by atoms with Gasteiger partial charge in [0.15, 0.2) is 0 Å². The van der Waals surface area contributed by atoms with E-state index in [1.165, 1.54) is 29.3 Å². The van der Waals surface area contributed by atoms with E-state index in [1.54, 1.807) is 0 Å². The predicted molar refractivity (Wildman–Crippen MR) is 85.4 cm³/mol. The van der Waals surface area contributed by atoms with Crippen LogP contribution in [0.15, 0.2) is 36.5 Å². The molecule has 20 heavy (non-hydrogen) atoms. The zero-order valence-corrected chi connectivity index (χ0v) is 12.7. The fraction of sp³-hybridized carbons (Fsp3) is 0.438. The van der Waals surface area contributed by atoms with Crippen molar-refractivity contribution in [2.45, 2.75) is 19.9 Å². The smallest absolute Gasteiger partial charge is 0.110 e. The van der Waals surface area contributed by atoms with Crippen LogP contribution in [0.25, 0.3) is 5.69 Å². The van der Waals surface area contributed by atoms with Crippen LogP contribution in [0, 0.1) is 12.8 Å². The van der Waals surface area contributed by atoms with Crippen molar-refractivity contribution in [3.8, 4) is 5.69 Å². The Labute approximate surface area is 124 Å². The van der Waals surface area contributed by atoms with Gasteiger partial charge in [-0.15, -0.1) is 0 Å². The second-order valence-electron chi connectivity index (χ2n) is 5.33. The second-order valence-corrected chi connectivity index (χ2v) is 6.48. The largest absolute Gasteiger partial charge is 0.311 e. The van der Waals surface area contributed by atoms with Crippen molar-refractivity contribution >= 4 is 11.8 Å². The predicted octanol–water partition coefficient (Wildman–Crippen LogP) is 3.02. The molecule has 2 heterocycles. The van der Waals surface area contributed by atoms with Gasteiger partial charge in [-0.3, -0.25) is 4.57 Å². The first kappa shape index (κ1) is 13.7. The second kappa shape index (κ2) is 6.46. The van der Waals surface area contributed by atoms with Crippen molar-refractivity contribution in [3.63, 3.8) is 0 Å². The SMILES string of the molecule is Cc1ncc(CNCC2CCSC2)n1-c1ccccc1. The molecule has 3 rings (SSSR count). The molecule has 0 aliphatic carbocycles. The number of benzene rings is 1. The van der Waals surface area contributed by atoms with Crippen molar-refractivity contribution in [3.05, 3.63) is 48.0 Å². The topological polar surface area (TPSA) is 29.9 Å². The van der Waals surface area contributed by atoms with E-state index in [-0.39, 0.29) is 0 Å². The van der Waals surface area contributed by atoms with Crippen molar-refractivity contribution in [1.29, 1.82) is 0 Å². The Morgan fingerprint density at radius 3 is 2.95 bits per heavy atom. The first-order chi connectivity index (χ1) is 9.84. The van der Waals surface area contributed by atoms with Crippen LogP contribution in [0.2, 0.25) is 0 Å². The van der Waals surface area contributed by atoms with Crippen LogP contribution < -0.4 is 5.32 Å². The first-order valence-electron chi connectivity index (χ1n) is 7.21. The summed E-state index contributed by atoms with van der Waals surface area (Å²) in [5, 5.41) is 3.59. The maximum Gasteiger partial charge on any atom is 0.110 e. The van der Waals surface area contributed by atoms with E-state index in [2.05, 4.69) is 57.8 Å². The number of rotatable bonds is 5. The summed E-state index contributed by atoms with van der Waals surface area (Å²) in [5.74, 6) is 4.52. The van der Waals surface area contributed by atoms with Gasteiger partial charge in [-0.2, -0.15) is 11.8 Å². The molecule has 0 radical (unpaired) electrons. The van der Waals surface area contributed by atoms with Crippen LogP contribution in [0.4, 0.5) is 0 Å². The average Bonchev–Trinajstić information content (AvgIpc) is 3.10. The molecule has 0 bridgehead atoms. The number of hydrogen-bond donors (Lipinski definition) is 1. The molecular weight excluding hydrogens is 266 g/mol. The lowest BCUT2D eigenvalue weighted by Gasteiger charge is -2.13. The molecule has 2 aromatic rings. The fourth-order valence-electron chi connectivity index (χ4n) is 2.69. The number of thioether (sulfide) groups is 1. The number of para-hydroxylation sites is 1. The minimum atomic E-state index is 0.842. The minimum Gasteiger partial charge on any atom is -0.311 e. The highest BCUT2D eigenvalue weighted by atomic mass is 32.2. The summed E-state index contributed by atoms with van der Waals surface area (Å²) in [4.78, 5) is 4.46. The van der Waals surface area contributed by atoms with Gasteiger partial charge in [-0.25, -0.2) is 4.98 Å². The highest BCUT2D eigenvalue weighted by molar-refractivity contribution is 7.99. The minimum absolute atomic E-state index is 0.842. The third kappa shape index (κ3) is 3.07. The van der Waals surface area contributed by atoms with Crippen molar-refractivity contribution in [1.82, 2.24) is 14.9 Å². The molecule has 1 aromatic carbocycles. The fourth-order valence-corrected chi connectivity index (χ4v) is 3.98. The summed E-state index contributed by atoms with van der Waals surface area (Å²) in [6.07, 6.45) is 3.34. The van der Waals surface area contributed by atoms with Gasteiger partial charge in [-0.1, -0.05) is 18.2 Å². The van der Waals surface area contributed by atoms with Gasteiger partial charge in [0.1, 0.15) is 5.82 Å². The summed E-state index contributed by atoms with van der Waals surface area (Å²) < 4.78 is 2.23. The maximum absolute atomic E-state index is 4.46. The van der Waals surface area contributed by atoms with Gasteiger partial charge < -0.3 is 5.32 Å². The van der Waals surface area contributed by atoms with E-state index in [1.807, 2.05) is 12.3 Å². The van der Waals surface area contributed by atoms with Crippen LogP contribution in [-0.2, 0) is 6.54 Å². The standard InChI is InChI=1S/C16H21N3S/c1-13-18-11-16(10-17-9-14-7-8-20-12-14)19(13)15-5-3-2-4-6-15/h2-6,11,14,17H,7-10,12H2,1H3.